The van der Waals surface area contributed by atoms with Crippen LogP contribution in [0.2, 0.25) is 0 Å². The number of ether oxygens (including phenoxy) is 2. The maximum absolute atomic E-state index is 12.3. The molecule has 2 heterocycles. The summed E-state index contributed by atoms with van der Waals surface area (Å²) in [6.45, 7) is 5.88. The maximum atomic E-state index is 12.3. The standard InChI is InChI=1S/C16H19NO7S2.C5H10/c1-26(21,22)12-4-2-10(3-5-12)14(18)24-11-6-7-23-16(20,8-11)13-9-25-15(19)17-13;1-3-5-4-2/h2-5,11,13,20H,6-9H2,1H3,(H,17,19);3H,1,4-5H2,2H3. The number of benzene rings is 1. The summed E-state index contributed by atoms with van der Waals surface area (Å²) in [5.41, 5.74) is 0.220. The van der Waals surface area contributed by atoms with Gasteiger partial charge in [-0.1, -0.05) is 31.2 Å². The van der Waals surface area contributed by atoms with Gasteiger partial charge >= 0.3 is 5.97 Å². The highest BCUT2D eigenvalue weighted by Gasteiger charge is 2.47. The van der Waals surface area contributed by atoms with Crippen LogP contribution >= 0.6 is 11.8 Å². The van der Waals surface area contributed by atoms with Crippen molar-refractivity contribution in [2.24, 2.45) is 0 Å². The predicted octanol–water partition coefficient (Wildman–Crippen LogP) is 2.91. The van der Waals surface area contributed by atoms with Crippen LogP contribution in [0.15, 0.2) is 41.8 Å². The van der Waals surface area contributed by atoms with Crippen LogP contribution in [0, 0.1) is 0 Å². The first-order valence-electron chi connectivity index (χ1n) is 10.0. The van der Waals surface area contributed by atoms with E-state index in [1.54, 1.807) is 0 Å². The Kier molecular flexibility index (Phi) is 9.11. The molecule has 1 aromatic carbocycles. The van der Waals surface area contributed by atoms with E-state index in [9.17, 15) is 23.1 Å². The summed E-state index contributed by atoms with van der Waals surface area (Å²) in [4.78, 5) is 23.7. The van der Waals surface area contributed by atoms with E-state index < -0.39 is 33.7 Å². The van der Waals surface area contributed by atoms with Crippen molar-refractivity contribution >= 4 is 32.8 Å². The Bertz CT molecular complexity index is 885. The Morgan fingerprint density at radius 2 is 2.10 bits per heavy atom. The Hall–Kier alpha value is -1.88. The van der Waals surface area contributed by atoms with E-state index in [-0.39, 0.29) is 28.7 Å². The van der Waals surface area contributed by atoms with Crippen LogP contribution < -0.4 is 5.32 Å². The van der Waals surface area contributed by atoms with Gasteiger partial charge in [0.25, 0.3) is 5.24 Å². The molecule has 0 spiro atoms. The van der Waals surface area contributed by atoms with E-state index >= 15 is 0 Å². The molecule has 1 amide bonds. The number of rotatable bonds is 6. The van der Waals surface area contributed by atoms with Gasteiger partial charge in [0.1, 0.15) is 6.10 Å². The van der Waals surface area contributed by atoms with Crippen molar-refractivity contribution in [1.82, 2.24) is 5.32 Å². The largest absolute Gasteiger partial charge is 0.458 e. The lowest BCUT2D eigenvalue weighted by atomic mass is 9.96. The van der Waals surface area contributed by atoms with Gasteiger partial charge in [0.15, 0.2) is 15.6 Å². The van der Waals surface area contributed by atoms with Crippen LogP contribution in [-0.2, 0) is 19.3 Å². The minimum Gasteiger partial charge on any atom is -0.458 e. The maximum Gasteiger partial charge on any atom is 0.338 e. The third kappa shape index (κ3) is 7.34. The number of esters is 1. The number of unbranched alkanes of at least 4 members (excludes halogenated alkanes) is 1. The molecule has 3 unspecified atom stereocenters. The highest BCUT2D eigenvalue weighted by molar-refractivity contribution is 8.14. The Labute approximate surface area is 187 Å². The Morgan fingerprint density at radius 3 is 2.58 bits per heavy atom. The molecule has 2 aliphatic heterocycles. The van der Waals surface area contributed by atoms with Gasteiger partial charge < -0.3 is 19.9 Å². The molecular weight excluding hydrogens is 442 g/mol. The zero-order valence-electron chi connectivity index (χ0n) is 17.7. The number of aliphatic hydroxyl groups is 1. The molecule has 2 saturated heterocycles. The summed E-state index contributed by atoms with van der Waals surface area (Å²) in [5.74, 6) is -1.81. The van der Waals surface area contributed by atoms with Crippen molar-refractivity contribution in [2.45, 2.75) is 55.4 Å². The molecule has 0 aliphatic carbocycles. The number of carbonyl (C=O) groups is 2. The average molecular weight is 472 g/mol. The van der Waals surface area contributed by atoms with Crippen LogP contribution in [0.25, 0.3) is 0 Å². The summed E-state index contributed by atoms with van der Waals surface area (Å²) in [6, 6.07) is 4.90. The summed E-state index contributed by atoms with van der Waals surface area (Å²) in [5, 5.41) is 13.1. The summed E-state index contributed by atoms with van der Waals surface area (Å²) >= 11 is 1.07. The summed E-state index contributed by atoms with van der Waals surface area (Å²) in [6.07, 6.45) is 5.29. The van der Waals surface area contributed by atoms with Gasteiger partial charge in [-0.3, -0.25) is 4.79 Å². The Morgan fingerprint density at radius 1 is 1.42 bits per heavy atom. The molecule has 0 bridgehead atoms. The van der Waals surface area contributed by atoms with Crippen LogP contribution in [-0.4, -0.2) is 61.3 Å². The van der Waals surface area contributed by atoms with E-state index in [0.717, 1.165) is 24.4 Å². The van der Waals surface area contributed by atoms with Crippen molar-refractivity contribution in [3.63, 3.8) is 0 Å². The molecular formula is C21H29NO7S2. The van der Waals surface area contributed by atoms with Crippen LogP contribution in [0.4, 0.5) is 4.79 Å². The van der Waals surface area contributed by atoms with Gasteiger partial charge in [0.2, 0.25) is 0 Å². The fourth-order valence-electron chi connectivity index (χ4n) is 3.09. The first-order chi connectivity index (χ1) is 14.6. The molecule has 172 valence electrons. The lowest BCUT2D eigenvalue weighted by Gasteiger charge is -2.39. The third-order valence-electron chi connectivity index (χ3n) is 4.81. The first-order valence-corrected chi connectivity index (χ1v) is 12.9. The second-order valence-corrected chi connectivity index (χ2v) is 10.4. The normalized spacial score (nSPS) is 25.7. The second-order valence-electron chi connectivity index (χ2n) is 7.38. The SMILES string of the molecule is C=CCCC.CS(=O)(=O)c1ccc(C(=O)OC2CCOC(O)(C3CSC(=O)N3)C2)cc1. The van der Waals surface area contributed by atoms with Crippen LogP contribution in [0.5, 0.6) is 0 Å². The number of hydrogen-bond donors (Lipinski definition) is 2. The van der Waals surface area contributed by atoms with Gasteiger partial charge in [-0.15, -0.1) is 6.58 Å². The molecule has 2 aliphatic rings. The van der Waals surface area contributed by atoms with E-state index in [0.29, 0.717) is 12.2 Å². The number of sulfone groups is 1. The molecule has 2 fully saturated rings. The van der Waals surface area contributed by atoms with Crippen molar-refractivity contribution in [3.05, 3.63) is 42.5 Å². The number of hydrogen-bond acceptors (Lipinski definition) is 8. The van der Waals surface area contributed by atoms with E-state index in [1.807, 2.05) is 6.08 Å². The zero-order chi connectivity index (χ0) is 23.1. The van der Waals surface area contributed by atoms with Gasteiger partial charge in [0.05, 0.1) is 23.1 Å². The lowest BCUT2D eigenvalue weighted by molar-refractivity contribution is -0.253. The summed E-state index contributed by atoms with van der Waals surface area (Å²) < 4.78 is 33.8. The molecule has 10 heteroatoms. The van der Waals surface area contributed by atoms with Crippen molar-refractivity contribution in [3.8, 4) is 0 Å². The molecule has 1 aromatic rings. The monoisotopic (exact) mass is 471 g/mol. The van der Waals surface area contributed by atoms with Crippen molar-refractivity contribution in [1.29, 1.82) is 0 Å². The van der Waals surface area contributed by atoms with Gasteiger partial charge in [0, 0.05) is 24.9 Å². The quantitative estimate of drug-likeness (QED) is 0.480. The number of amides is 1. The van der Waals surface area contributed by atoms with Crippen LogP contribution in [0.3, 0.4) is 0 Å². The lowest BCUT2D eigenvalue weighted by Crippen LogP contribution is -2.56. The minimum atomic E-state index is -3.34. The molecule has 0 saturated carbocycles. The topological polar surface area (TPSA) is 119 Å². The molecule has 0 radical (unpaired) electrons. The van der Waals surface area contributed by atoms with E-state index in [2.05, 4.69) is 18.8 Å². The number of thioether (sulfide) groups is 1. The molecule has 3 rings (SSSR count). The van der Waals surface area contributed by atoms with Gasteiger partial charge in [-0.25, -0.2) is 13.2 Å². The number of allylic oxidation sites excluding steroid dienone is 1. The predicted molar refractivity (Wildman–Crippen MR) is 119 cm³/mol. The highest BCUT2D eigenvalue weighted by Crippen LogP contribution is 2.32. The molecule has 8 nitrogen and oxygen atoms in total. The fraction of sp³-hybridized carbons (Fsp3) is 0.524. The summed E-state index contributed by atoms with van der Waals surface area (Å²) in [7, 11) is -3.34. The minimum absolute atomic E-state index is 0.0473. The van der Waals surface area contributed by atoms with Crippen LogP contribution in [0.1, 0.15) is 43.0 Å². The van der Waals surface area contributed by atoms with Gasteiger partial charge in [-0.05, 0) is 30.7 Å². The number of nitrogens with one attached hydrogen (secondary N) is 1. The highest BCUT2D eigenvalue weighted by atomic mass is 32.2. The fourth-order valence-corrected chi connectivity index (χ4v) is 4.60. The third-order valence-corrected chi connectivity index (χ3v) is 6.82. The van der Waals surface area contributed by atoms with E-state index in [1.165, 1.54) is 30.7 Å². The van der Waals surface area contributed by atoms with E-state index in [4.69, 9.17) is 9.47 Å². The Balaban J connectivity index is 0.000000614. The first kappa shape index (κ1) is 25.4. The zero-order valence-corrected chi connectivity index (χ0v) is 19.3. The average Bonchev–Trinajstić information content (AvgIpc) is 3.16. The second kappa shape index (κ2) is 11.1. The van der Waals surface area contributed by atoms with Gasteiger partial charge in [-0.2, -0.15) is 0 Å². The number of carbonyl (C=O) groups excluding carboxylic acids is 2. The van der Waals surface area contributed by atoms with Crippen molar-refractivity contribution < 1.29 is 32.6 Å². The smallest absolute Gasteiger partial charge is 0.338 e. The molecule has 31 heavy (non-hydrogen) atoms. The molecule has 0 aromatic heterocycles. The molecule has 3 atom stereocenters. The van der Waals surface area contributed by atoms with Crippen molar-refractivity contribution in [2.75, 3.05) is 18.6 Å². The molecule has 2 N–H and O–H groups in total.